The topological polar surface area (TPSA) is 34.1 Å². The fraction of sp³-hybridized carbons (Fsp3) is 0.333. The fourth-order valence-electron chi connectivity index (χ4n) is 1.19. The van der Waals surface area contributed by atoms with Crippen LogP contribution in [0, 0.1) is 12.7 Å². The number of benzene rings is 1. The molecular weight excluding hydrogens is 262 g/mol. The van der Waals surface area contributed by atoms with Gasteiger partial charge in [0.15, 0.2) is 0 Å². The molecule has 0 N–H and O–H groups in total. The molecule has 6 heteroatoms. The molecule has 1 aromatic carbocycles. The zero-order valence-electron chi connectivity index (χ0n) is 7.93. The summed E-state index contributed by atoms with van der Waals surface area (Å²) in [4.78, 5) is 0. The fourth-order valence-corrected chi connectivity index (χ4v) is 2.07. The Morgan fingerprint density at radius 3 is 2.53 bits per heavy atom. The van der Waals surface area contributed by atoms with Crippen LogP contribution < -0.4 is 0 Å². The predicted octanol–water partition coefficient (Wildman–Crippen LogP) is 2.90. The van der Waals surface area contributed by atoms with Crippen molar-refractivity contribution in [2.45, 2.75) is 13.3 Å². The van der Waals surface area contributed by atoms with Crippen molar-refractivity contribution in [2.24, 2.45) is 0 Å². The summed E-state index contributed by atoms with van der Waals surface area (Å²) in [5.74, 6) is -0.691. The molecule has 84 valence electrons. The molecule has 0 heterocycles. The van der Waals surface area contributed by atoms with Gasteiger partial charge in [-0.25, -0.2) is 12.8 Å². The first-order valence-electron chi connectivity index (χ1n) is 4.16. The van der Waals surface area contributed by atoms with Crippen molar-refractivity contribution in [3.63, 3.8) is 0 Å². The molecule has 0 bridgehead atoms. The molecule has 0 aliphatic heterocycles. The van der Waals surface area contributed by atoms with Gasteiger partial charge < -0.3 is 0 Å². The molecule has 0 saturated heterocycles. The highest BCUT2D eigenvalue weighted by atomic mass is 35.7. The predicted molar refractivity (Wildman–Crippen MR) is 59.5 cm³/mol. The van der Waals surface area contributed by atoms with Crippen LogP contribution in [0.3, 0.4) is 0 Å². The van der Waals surface area contributed by atoms with E-state index in [1.165, 1.54) is 12.1 Å². The van der Waals surface area contributed by atoms with E-state index >= 15 is 0 Å². The van der Waals surface area contributed by atoms with Gasteiger partial charge in [0.05, 0.1) is 10.8 Å². The van der Waals surface area contributed by atoms with Crippen molar-refractivity contribution in [1.82, 2.24) is 0 Å². The van der Waals surface area contributed by atoms with Crippen LogP contribution in [0.25, 0.3) is 0 Å². The Kier molecular flexibility index (Phi) is 3.98. The van der Waals surface area contributed by atoms with E-state index < -0.39 is 14.9 Å². The monoisotopic (exact) mass is 270 g/mol. The molecule has 2 nitrogen and oxygen atoms in total. The summed E-state index contributed by atoms with van der Waals surface area (Å²) in [6.45, 7) is 1.69. The molecule has 1 rings (SSSR count). The molecule has 1 aromatic rings. The van der Waals surface area contributed by atoms with Crippen LogP contribution in [-0.4, -0.2) is 14.2 Å². The third-order valence-electron chi connectivity index (χ3n) is 1.99. The van der Waals surface area contributed by atoms with Gasteiger partial charge >= 0.3 is 0 Å². The number of hydrogen-bond acceptors (Lipinski definition) is 2. The van der Waals surface area contributed by atoms with Crippen molar-refractivity contribution in [3.05, 3.63) is 34.1 Å². The van der Waals surface area contributed by atoms with Crippen molar-refractivity contribution < 1.29 is 12.8 Å². The van der Waals surface area contributed by atoms with Crippen molar-refractivity contribution in [3.8, 4) is 0 Å². The quantitative estimate of drug-likeness (QED) is 0.792. The zero-order chi connectivity index (χ0) is 11.6. The van der Waals surface area contributed by atoms with Gasteiger partial charge in [0.2, 0.25) is 9.05 Å². The molecule has 0 aliphatic rings. The minimum absolute atomic E-state index is 0.0115. The third-order valence-corrected chi connectivity index (χ3v) is 3.44. The molecule has 0 fully saturated rings. The summed E-state index contributed by atoms with van der Waals surface area (Å²) in [6.07, 6.45) is 0.234. The van der Waals surface area contributed by atoms with Gasteiger partial charge in [-0.15, -0.1) is 0 Å². The van der Waals surface area contributed by atoms with Gasteiger partial charge in [-0.3, -0.25) is 0 Å². The first kappa shape index (κ1) is 12.7. The minimum atomic E-state index is -3.53. The standard InChI is InChI=1S/C9H9Cl2FO2S/c1-6-4-9(12)8(10)5-7(6)2-3-15(11,13)14/h4-5H,2-3H2,1H3. The SMILES string of the molecule is Cc1cc(F)c(Cl)cc1CCS(=O)(=O)Cl. The van der Waals surface area contributed by atoms with Crippen LogP contribution in [-0.2, 0) is 15.5 Å². The van der Waals surface area contributed by atoms with Gasteiger partial charge in [-0.05, 0) is 36.6 Å². The largest absolute Gasteiger partial charge is 0.232 e. The molecule has 0 aliphatic carbocycles. The molecule has 0 amide bonds. The summed E-state index contributed by atoms with van der Waals surface area (Å²) >= 11 is 5.58. The lowest BCUT2D eigenvalue weighted by atomic mass is 10.1. The maximum absolute atomic E-state index is 13.0. The summed E-state index contributed by atoms with van der Waals surface area (Å²) in [7, 11) is 1.54. The highest BCUT2D eigenvalue weighted by molar-refractivity contribution is 8.13. The van der Waals surface area contributed by atoms with E-state index in [0.29, 0.717) is 11.1 Å². The van der Waals surface area contributed by atoms with Crippen molar-refractivity contribution in [1.29, 1.82) is 0 Å². The van der Waals surface area contributed by atoms with Gasteiger partial charge in [0.1, 0.15) is 5.82 Å². The van der Waals surface area contributed by atoms with E-state index in [9.17, 15) is 12.8 Å². The first-order chi connectivity index (χ1) is 6.79. The average molecular weight is 271 g/mol. The highest BCUT2D eigenvalue weighted by Crippen LogP contribution is 2.20. The molecule has 0 aromatic heterocycles. The molecule has 0 radical (unpaired) electrons. The number of rotatable bonds is 3. The first-order valence-corrected chi connectivity index (χ1v) is 7.02. The smallest absolute Gasteiger partial charge is 0.212 e. The zero-order valence-corrected chi connectivity index (χ0v) is 10.3. The second-order valence-electron chi connectivity index (χ2n) is 3.19. The van der Waals surface area contributed by atoms with Crippen molar-refractivity contribution >= 4 is 31.3 Å². The van der Waals surface area contributed by atoms with Gasteiger partial charge in [0.25, 0.3) is 0 Å². The van der Waals surface area contributed by atoms with Gasteiger partial charge in [0, 0.05) is 10.7 Å². The number of halogens is 3. The van der Waals surface area contributed by atoms with E-state index in [0.717, 1.165) is 0 Å². The average Bonchev–Trinajstić information content (AvgIpc) is 2.07. The maximum atomic E-state index is 13.0. The molecule has 15 heavy (non-hydrogen) atoms. The Morgan fingerprint density at radius 1 is 1.40 bits per heavy atom. The summed E-state index contributed by atoms with van der Waals surface area (Å²) in [6, 6.07) is 2.70. The molecule has 0 saturated carbocycles. The van der Waals surface area contributed by atoms with Crippen LogP contribution in [0.4, 0.5) is 4.39 Å². The summed E-state index contributed by atoms with van der Waals surface area (Å²) < 4.78 is 34.4. The van der Waals surface area contributed by atoms with Crippen LogP contribution in [0.1, 0.15) is 11.1 Å². The molecule has 0 atom stereocenters. The van der Waals surface area contributed by atoms with Crippen LogP contribution in [0.2, 0.25) is 5.02 Å². The van der Waals surface area contributed by atoms with Gasteiger partial charge in [-0.1, -0.05) is 11.6 Å². The molecular formula is C9H9Cl2FO2S. The Balaban J connectivity index is 2.91. The Bertz CT molecular complexity index is 471. The normalized spacial score (nSPS) is 11.7. The van der Waals surface area contributed by atoms with E-state index in [1.807, 2.05) is 0 Å². The highest BCUT2D eigenvalue weighted by Gasteiger charge is 2.10. The lowest BCUT2D eigenvalue weighted by Crippen LogP contribution is -2.03. The van der Waals surface area contributed by atoms with Crippen molar-refractivity contribution in [2.75, 3.05) is 5.75 Å². The number of aryl methyl sites for hydroxylation is 2. The summed E-state index contributed by atoms with van der Waals surface area (Å²) in [5, 5.41) is -0.0115. The van der Waals surface area contributed by atoms with E-state index in [1.54, 1.807) is 6.92 Å². The van der Waals surface area contributed by atoms with Gasteiger partial charge in [-0.2, -0.15) is 0 Å². The van der Waals surface area contributed by atoms with Crippen LogP contribution >= 0.6 is 22.3 Å². The Morgan fingerprint density at radius 2 is 2.00 bits per heavy atom. The summed E-state index contributed by atoms with van der Waals surface area (Å²) in [5.41, 5.74) is 1.35. The molecule has 0 unspecified atom stereocenters. The minimum Gasteiger partial charge on any atom is -0.212 e. The maximum Gasteiger partial charge on any atom is 0.232 e. The second kappa shape index (κ2) is 4.68. The van der Waals surface area contributed by atoms with E-state index in [4.69, 9.17) is 22.3 Å². The lowest BCUT2D eigenvalue weighted by molar-refractivity contribution is 0.608. The van der Waals surface area contributed by atoms with Crippen LogP contribution in [0.5, 0.6) is 0 Å². The Labute approximate surface area is 97.4 Å². The van der Waals surface area contributed by atoms with E-state index in [-0.39, 0.29) is 17.2 Å². The Hall–Kier alpha value is -0.320. The van der Waals surface area contributed by atoms with Crippen LogP contribution in [0.15, 0.2) is 12.1 Å². The van der Waals surface area contributed by atoms with E-state index in [2.05, 4.69) is 0 Å². The molecule has 0 spiro atoms. The number of hydrogen-bond donors (Lipinski definition) is 0. The second-order valence-corrected chi connectivity index (χ2v) is 6.49. The lowest BCUT2D eigenvalue weighted by Gasteiger charge is -2.05. The third kappa shape index (κ3) is 3.97.